The molecular formula is C20H19ClF2N4O2. The largest absolute Gasteiger partial charge is 0.396 e. The van der Waals surface area contributed by atoms with Crippen molar-refractivity contribution in [2.75, 3.05) is 18.8 Å². The number of nitrogens with one attached hydrogen (secondary N) is 1. The molecule has 1 saturated heterocycles. The predicted molar refractivity (Wildman–Crippen MR) is 107 cm³/mol. The molecular weight excluding hydrogens is 402 g/mol. The van der Waals surface area contributed by atoms with Crippen LogP contribution in [0.25, 0.3) is 11.0 Å². The SMILES string of the molecule is Nc1cc2c(cc1F)[nH]c(=O)n2[C@H]1CCCN(C(=O)Cc2cc(F)cc(Cl)c2)C1. The highest BCUT2D eigenvalue weighted by Gasteiger charge is 2.27. The molecule has 0 saturated carbocycles. The molecule has 0 unspecified atom stereocenters. The van der Waals surface area contributed by atoms with Crippen LogP contribution in [0.4, 0.5) is 14.5 Å². The number of nitrogens with zero attached hydrogens (tertiary/aromatic N) is 2. The average Bonchev–Trinajstić information content (AvgIpc) is 2.96. The Morgan fingerprint density at radius 3 is 2.79 bits per heavy atom. The fourth-order valence-corrected chi connectivity index (χ4v) is 4.16. The van der Waals surface area contributed by atoms with Crippen LogP contribution in [-0.4, -0.2) is 33.4 Å². The number of nitrogens with two attached hydrogens (primary N) is 1. The van der Waals surface area contributed by atoms with E-state index in [4.69, 9.17) is 17.3 Å². The Morgan fingerprint density at radius 2 is 2.03 bits per heavy atom. The van der Waals surface area contributed by atoms with Crippen LogP contribution >= 0.6 is 11.6 Å². The molecule has 29 heavy (non-hydrogen) atoms. The Hall–Kier alpha value is -2.87. The van der Waals surface area contributed by atoms with Crippen molar-refractivity contribution in [2.45, 2.75) is 25.3 Å². The molecule has 1 aliphatic heterocycles. The highest BCUT2D eigenvalue weighted by atomic mass is 35.5. The van der Waals surface area contributed by atoms with Crippen LogP contribution < -0.4 is 11.4 Å². The average molecular weight is 421 g/mol. The highest BCUT2D eigenvalue weighted by Crippen LogP contribution is 2.27. The lowest BCUT2D eigenvalue weighted by Crippen LogP contribution is -2.43. The summed E-state index contributed by atoms with van der Waals surface area (Å²) in [6.07, 6.45) is 1.42. The number of carbonyl (C=O) groups excluding carboxylic acids is 1. The molecule has 1 amide bonds. The first kappa shape index (κ1) is 19.4. The number of halogens is 3. The van der Waals surface area contributed by atoms with Crippen molar-refractivity contribution in [2.24, 2.45) is 0 Å². The zero-order chi connectivity index (χ0) is 20.7. The van der Waals surface area contributed by atoms with Crippen LogP contribution in [-0.2, 0) is 11.2 Å². The Labute approximate surface area is 169 Å². The first-order valence-electron chi connectivity index (χ1n) is 9.24. The van der Waals surface area contributed by atoms with Gasteiger partial charge in [-0.15, -0.1) is 0 Å². The van der Waals surface area contributed by atoms with E-state index in [0.717, 1.165) is 0 Å². The first-order chi connectivity index (χ1) is 13.8. The monoisotopic (exact) mass is 420 g/mol. The van der Waals surface area contributed by atoms with Gasteiger partial charge in [0.15, 0.2) is 0 Å². The summed E-state index contributed by atoms with van der Waals surface area (Å²) in [6, 6.07) is 6.39. The zero-order valence-corrected chi connectivity index (χ0v) is 16.2. The van der Waals surface area contributed by atoms with Gasteiger partial charge in [0.2, 0.25) is 5.91 Å². The predicted octanol–water partition coefficient (Wildman–Crippen LogP) is 3.25. The van der Waals surface area contributed by atoms with Gasteiger partial charge < -0.3 is 15.6 Å². The van der Waals surface area contributed by atoms with Crippen LogP contribution in [0.15, 0.2) is 35.1 Å². The molecule has 6 nitrogen and oxygen atoms in total. The van der Waals surface area contributed by atoms with Crippen LogP contribution in [0.1, 0.15) is 24.4 Å². The minimum atomic E-state index is -0.597. The summed E-state index contributed by atoms with van der Waals surface area (Å²) in [6.45, 7) is 0.873. The first-order valence-corrected chi connectivity index (χ1v) is 9.61. The van der Waals surface area contributed by atoms with Gasteiger partial charge in [0, 0.05) is 24.2 Å². The van der Waals surface area contributed by atoms with E-state index >= 15 is 0 Å². The summed E-state index contributed by atoms with van der Waals surface area (Å²) in [5.74, 6) is -1.26. The number of likely N-dealkylation sites (tertiary alicyclic amines) is 1. The molecule has 1 atom stereocenters. The summed E-state index contributed by atoms with van der Waals surface area (Å²) in [5, 5.41) is 0.236. The van der Waals surface area contributed by atoms with E-state index in [1.54, 1.807) is 11.0 Å². The van der Waals surface area contributed by atoms with Crippen molar-refractivity contribution < 1.29 is 13.6 Å². The Balaban J connectivity index is 1.58. The maximum atomic E-state index is 13.7. The Bertz CT molecular complexity index is 1140. The normalized spacial score (nSPS) is 17.1. The third-order valence-corrected chi connectivity index (χ3v) is 5.45. The number of rotatable bonds is 3. The van der Waals surface area contributed by atoms with E-state index in [9.17, 15) is 18.4 Å². The number of hydrogen-bond acceptors (Lipinski definition) is 3. The van der Waals surface area contributed by atoms with E-state index < -0.39 is 11.6 Å². The summed E-state index contributed by atoms with van der Waals surface area (Å²) >= 11 is 5.86. The highest BCUT2D eigenvalue weighted by molar-refractivity contribution is 6.30. The molecule has 3 N–H and O–H groups in total. The van der Waals surface area contributed by atoms with Gasteiger partial charge in [-0.25, -0.2) is 13.6 Å². The minimum absolute atomic E-state index is 0.0190. The van der Waals surface area contributed by atoms with Crippen molar-refractivity contribution >= 4 is 34.2 Å². The van der Waals surface area contributed by atoms with Gasteiger partial charge in [0.25, 0.3) is 0 Å². The van der Waals surface area contributed by atoms with Crippen LogP contribution in [0.2, 0.25) is 5.02 Å². The molecule has 0 bridgehead atoms. The number of imidazole rings is 1. The lowest BCUT2D eigenvalue weighted by molar-refractivity contribution is -0.132. The standard InChI is InChI=1S/C20H19ClF2N4O2/c21-12-4-11(5-13(22)7-12)6-19(28)26-3-1-2-14(10-26)27-18-9-16(24)15(23)8-17(18)25-20(27)29/h4-5,7-9,14H,1-3,6,10,24H2,(H,25,29)/t14-/m0/s1. The molecule has 0 radical (unpaired) electrons. The number of aromatic nitrogens is 2. The van der Waals surface area contributed by atoms with Gasteiger partial charge in [0.05, 0.1) is 29.2 Å². The number of fused-ring (bicyclic) bond motifs is 1. The number of anilines is 1. The number of benzene rings is 2. The maximum absolute atomic E-state index is 13.7. The van der Waals surface area contributed by atoms with E-state index in [-0.39, 0.29) is 34.8 Å². The molecule has 2 heterocycles. The molecule has 0 spiro atoms. The van der Waals surface area contributed by atoms with Crippen molar-refractivity contribution in [3.8, 4) is 0 Å². The number of hydrogen-bond donors (Lipinski definition) is 2. The molecule has 9 heteroatoms. The second-order valence-electron chi connectivity index (χ2n) is 7.28. The number of nitrogen functional groups attached to an aromatic ring is 1. The maximum Gasteiger partial charge on any atom is 0.326 e. The van der Waals surface area contributed by atoms with Crippen molar-refractivity contribution in [3.05, 3.63) is 63.0 Å². The molecule has 4 rings (SSSR count). The zero-order valence-electron chi connectivity index (χ0n) is 15.4. The van der Waals surface area contributed by atoms with Crippen LogP contribution in [0.3, 0.4) is 0 Å². The summed E-state index contributed by atoms with van der Waals surface area (Å²) in [7, 11) is 0. The Morgan fingerprint density at radius 1 is 1.24 bits per heavy atom. The quantitative estimate of drug-likeness (QED) is 0.638. The lowest BCUT2D eigenvalue weighted by atomic mass is 10.0. The van der Waals surface area contributed by atoms with Crippen LogP contribution in [0.5, 0.6) is 0 Å². The fraction of sp³-hybridized carbons (Fsp3) is 0.300. The van der Waals surface area contributed by atoms with Gasteiger partial charge in [-0.1, -0.05) is 11.6 Å². The number of piperidine rings is 1. The smallest absolute Gasteiger partial charge is 0.326 e. The minimum Gasteiger partial charge on any atom is -0.396 e. The van der Waals surface area contributed by atoms with E-state index in [1.165, 1.54) is 28.8 Å². The van der Waals surface area contributed by atoms with Gasteiger partial charge in [0.1, 0.15) is 11.6 Å². The van der Waals surface area contributed by atoms with Crippen molar-refractivity contribution in [1.82, 2.24) is 14.5 Å². The van der Waals surface area contributed by atoms with Gasteiger partial charge in [-0.3, -0.25) is 9.36 Å². The van der Waals surface area contributed by atoms with Gasteiger partial charge >= 0.3 is 5.69 Å². The number of H-pyrrole nitrogens is 1. The van der Waals surface area contributed by atoms with Gasteiger partial charge in [-0.05, 0) is 42.7 Å². The topological polar surface area (TPSA) is 84.1 Å². The molecule has 1 aromatic heterocycles. The fourth-order valence-electron chi connectivity index (χ4n) is 3.92. The third kappa shape index (κ3) is 3.85. The second kappa shape index (κ2) is 7.51. The van der Waals surface area contributed by atoms with Crippen LogP contribution in [0, 0.1) is 11.6 Å². The Kier molecular flexibility index (Phi) is 5.04. The third-order valence-electron chi connectivity index (χ3n) is 5.23. The van der Waals surface area contributed by atoms with Crippen molar-refractivity contribution in [1.29, 1.82) is 0 Å². The number of amides is 1. The van der Waals surface area contributed by atoms with Crippen molar-refractivity contribution in [3.63, 3.8) is 0 Å². The number of aromatic amines is 1. The molecule has 1 aliphatic rings. The molecule has 3 aromatic rings. The second-order valence-corrected chi connectivity index (χ2v) is 7.72. The summed E-state index contributed by atoms with van der Waals surface area (Å²) in [5.41, 5.74) is 6.61. The summed E-state index contributed by atoms with van der Waals surface area (Å²) in [4.78, 5) is 29.5. The molecule has 1 fully saturated rings. The lowest BCUT2D eigenvalue weighted by Gasteiger charge is -2.33. The van der Waals surface area contributed by atoms with E-state index in [2.05, 4.69) is 4.98 Å². The summed E-state index contributed by atoms with van der Waals surface area (Å²) < 4.78 is 28.8. The van der Waals surface area contributed by atoms with E-state index in [0.29, 0.717) is 42.5 Å². The molecule has 0 aliphatic carbocycles. The van der Waals surface area contributed by atoms with Gasteiger partial charge in [-0.2, -0.15) is 0 Å². The molecule has 2 aromatic carbocycles. The molecule has 152 valence electrons. The van der Waals surface area contributed by atoms with E-state index in [1.807, 2.05) is 0 Å². The number of carbonyl (C=O) groups is 1.